The number of hydrogen-bond donors (Lipinski definition) is 1. The molecule has 17 heavy (non-hydrogen) atoms. The molecular formula is C13H22N2OS. The second kappa shape index (κ2) is 8.14. The molecule has 0 bridgehead atoms. The van der Waals surface area contributed by atoms with E-state index in [2.05, 4.69) is 30.2 Å². The van der Waals surface area contributed by atoms with E-state index >= 15 is 0 Å². The van der Waals surface area contributed by atoms with Crippen molar-refractivity contribution in [3.8, 4) is 5.75 Å². The smallest absolute Gasteiger partial charge is 0.130 e. The molecule has 0 fully saturated rings. The molecule has 0 saturated carbocycles. The summed E-state index contributed by atoms with van der Waals surface area (Å²) < 4.78 is 5.62. The van der Waals surface area contributed by atoms with Crippen molar-refractivity contribution < 1.29 is 4.74 Å². The van der Waals surface area contributed by atoms with Crippen LogP contribution in [0.5, 0.6) is 5.75 Å². The van der Waals surface area contributed by atoms with Crippen molar-refractivity contribution in [2.45, 2.75) is 26.8 Å². The van der Waals surface area contributed by atoms with Crippen LogP contribution in [0.15, 0.2) is 23.7 Å². The fraction of sp³-hybridized carbons (Fsp3) is 0.538. The topological polar surface area (TPSA) is 38.5 Å². The summed E-state index contributed by atoms with van der Waals surface area (Å²) in [5, 5.41) is 2.07. The maximum atomic E-state index is 5.62. The highest BCUT2D eigenvalue weighted by atomic mass is 32.1. The Morgan fingerprint density at radius 1 is 1.41 bits per heavy atom. The molecule has 0 amide bonds. The normalized spacial score (nSPS) is 11.5. The molecule has 3 nitrogen and oxygen atoms in total. The second-order valence-corrected chi connectivity index (χ2v) is 4.77. The molecule has 0 aliphatic rings. The molecule has 0 saturated heterocycles. The Balaban J connectivity index is 2.36. The second-order valence-electron chi connectivity index (χ2n) is 3.78. The SMILES string of the molecule is CCN(CC)Cc1cc(OCC/C=C\N)cs1. The zero-order chi connectivity index (χ0) is 12.5. The summed E-state index contributed by atoms with van der Waals surface area (Å²) >= 11 is 1.76. The van der Waals surface area contributed by atoms with E-state index in [1.54, 1.807) is 17.5 Å². The molecule has 1 aromatic rings. The first-order chi connectivity index (χ1) is 8.30. The van der Waals surface area contributed by atoms with Gasteiger partial charge in [0.2, 0.25) is 0 Å². The lowest BCUT2D eigenvalue weighted by atomic mass is 10.4. The van der Waals surface area contributed by atoms with Crippen LogP contribution < -0.4 is 10.5 Å². The van der Waals surface area contributed by atoms with Gasteiger partial charge in [-0.05, 0) is 25.4 Å². The van der Waals surface area contributed by atoms with Gasteiger partial charge < -0.3 is 10.5 Å². The molecule has 4 heteroatoms. The maximum absolute atomic E-state index is 5.62. The van der Waals surface area contributed by atoms with Gasteiger partial charge in [-0.25, -0.2) is 0 Å². The summed E-state index contributed by atoms with van der Waals surface area (Å²) in [6, 6.07) is 2.13. The quantitative estimate of drug-likeness (QED) is 0.725. The molecule has 0 atom stereocenters. The van der Waals surface area contributed by atoms with Gasteiger partial charge in [0.25, 0.3) is 0 Å². The van der Waals surface area contributed by atoms with Crippen LogP contribution in [-0.2, 0) is 6.54 Å². The number of hydrogen-bond acceptors (Lipinski definition) is 4. The lowest BCUT2D eigenvalue weighted by Gasteiger charge is -2.16. The molecule has 0 aliphatic carbocycles. The Labute approximate surface area is 108 Å². The molecular weight excluding hydrogens is 232 g/mol. The largest absolute Gasteiger partial charge is 0.492 e. The minimum Gasteiger partial charge on any atom is -0.492 e. The Hall–Kier alpha value is -1.00. The zero-order valence-corrected chi connectivity index (χ0v) is 11.5. The van der Waals surface area contributed by atoms with Crippen LogP contribution in [0.2, 0.25) is 0 Å². The summed E-state index contributed by atoms with van der Waals surface area (Å²) in [5.41, 5.74) is 5.26. The monoisotopic (exact) mass is 254 g/mol. The van der Waals surface area contributed by atoms with E-state index < -0.39 is 0 Å². The van der Waals surface area contributed by atoms with Gasteiger partial charge in [0, 0.05) is 23.2 Å². The van der Waals surface area contributed by atoms with Gasteiger partial charge >= 0.3 is 0 Å². The van der Waals surface area contributed by atoms with Gasteiger partial charge in [-0.3, -0.25) is 4.90 Å². The van der Waals surface area contributed by atoms with E-state index in [-0.39, 0.29) is 0 Å². The highest BCUT2D eigenvalue weighted by molar-refractivity contribution is 7.10. The lowest BCUT2D eigenvalue weighted by Crippen LogP contribution is -2.21. The summed E-state index contributed by atoms with van der Waals surface area (Å²) in [6.45, 7) is 8.26. The van der Waals surface area contributed by atoms with E-state index in [4.69, 9.17) is 10.5 Å². The van der Waals surface area contributed by atoms with Gasteiger partial charge in [0.15, 0.2) is 0 Å². The Morgan fingerprint density at radius 3 is 2.82 bits per heavy atom. The molecule has 0 aliphatic heterocycles. The average molecular weight is 254 g/mol. The van der Waals surface area contributed by atoms with E-state index in [9.17, 15) is 0 Å². The zero-order valence-electron chi connectivity index (χ0n) is 10.7. The third-order valence-electron chi connectivity index (χ3n) is 2.59. The fourth-order valence-corrected chi connectivity index (χ4v) is 2.37. The van der Waals surface area contributed by atoms with Gasteiger partial charge in [0.1, 0.15) is 5.75 Å². The van der Waals surface area contributed by atoms with E-state index in [0.717, 1.165) is 31.8 Å². The van der Waals surface area contributed by atoms with E-state index in [0.29, 0.717) is 6.61 Å². The third kappa shape index (κ3) is 5.24. The molecule has 0 unspecified atom stereocenters. The van der Waals surface area contributed by atoms with E-state index in [1.165, 1.54) is 4.88 Å². The van der Waals surface area contributed by atoms with Crippen molar-refractivity contribution in [3.05, 3.63) is 28.6 Å². The maximum Gasteiger partial charge on any atom is 0.130 e. The number of rotatable bonds is 8. The van der Waals surface area contributed by atoms with Gasteiger partial charge in [-0.2, -0.15) is 0 Å². The van der Waals surface area contributed by atoms with Crippen molar-refractivity contribution in [1.29, 1.82) is 0 Å². The highest BCUT2D eigenvalue weighted by Gasteiger charge is 2.04. The van der Waals surface area contributed by atoms with Crippen LogP contribution in [0, 0.1) is 0 Å². The molecule has 0 spiro atoms. The highest BCUT2D eigenvalue weighted by Crippen LogP contribution is 2.23. The predicted molar refractivity (Wildman–Crippen MR) is 74.4 cm³/mol. The van der Waals surface area contributed by atoms with Crippen molar-refractivity contribution in [2.75, 3.05) is 19.7 Å². The molecule has 1 heterocycles. The van der Waals surface area contributed by atoms with Gasteiger partial charge in [-0.1, -0.05) is 19.9 Å². The Kier molecular flexibility index (Phi) is 6.74. The van der Waals surface area contributed by atoms with E-state index in [1.807, 2.05) is 6.08 Å². The molecule has 96 valence electrons. The Morgan fingerprint density at radius 2 is 2.18 bits per heavy atom. The standard InChI is InChI=1S/C13H22N2OS/c1-3-15(4-2)10-13-9-12(11-17-13)16-8-6-5-7-14/h5,7,9,11H,3-4,6,8,10,14H2,1-2H3/b7-5-. The number of nitrogens with zero attached hydrogens (tertiary/aromatic N) is 1. The van der Waals surface area contributed by atoms with Gasteiger partial charge in [-0.15, -0.1) is 11.3 Å². The number of nitrogens with two attached hydrogens (primary N) is 1. The molecule has 1 aromatic heterocycles. The molecule has 2 N–H and O–H groups in total. The summed E-state index contributed by atoms with van der Waals surface area (Å²) in [7, 11) is 0. The lowest BCUT2D eigenvalue weighted by molar-refractivity contribution is 0.297. The first kappa shape index (κ1) is 14.1. The first-order valence-corrected chi connectivity index (χ1v) is 6.97. The minimum absolute atomic E-state index is 0.690. The fourth-order valence-electron chi connectivity index (χ4n) is 1.53. The molecule has 1 rings (SSSR count). The summed E-state index contributed by atoms with van der Waals surface area (Å²) in [4.78, 5) is 3.75. The molecule has 0 radical (unpaired) electrons. The molecule has 0 aromatic carbocycles. The van der Waals surface area contributed by atoms with Crippen molar-refractivity contribution in [1.82, 2.24) is 4.90 Å². The van der Waals surface area contributed by atoms with Crippen LogP contribution in [0.3, 0.4) is 0 Å². The van der Waals surface area contributed by atoms with Crippen molar-refractivity contribution >= 4 is 11.3 Å². The minimum atomic E-state index is 0.690. The number of ether oxygens (including phenoxy) is 1. The van der Waals surface area contributed by atoms with Crippen LogP contribution >= 0.6 is 11.3 Å². The summed E-state index contributed by atoms with van der Waals surface area (Å²) in [5.74, 6) is 0.975. The van der Waals surface area contributed by atoms with Crippen LogP contribution in [0.1, 0.15) is 25.1 Å². The first-order valence-electron chi connectivity index (χ1n) is 6.09. The average Bonchev–Trinajstić information content (AvgIpc) is 2.79. The van der Waals surface area contributed by atoms with Gasteiger partial charge in [0.05, 0.1) is 6.61 Å². The van der Waals surface area contributed by atoms with Crippen molar-refractivity contribution in [3.63, 3.8) is 0 Å². The summed E-state index contributed by atoms with van der Waals surface area (Å²) in [6.07, 6.45) is 4.32. The van der Waals surface area contributed by atoms with Crippen LogP contribution in [0.4, 0.5) is 0 Å². The van der Waals surface area contributed by atoms with Crippen molar-refractivity contribution in [2.24, 2.45) is 5.73 Å². The van der Waals surface area contributed by atoms with Crippen LogP contribution in [0.25, 0.3) is 0 Å². The Bertz CT molecular complexity index is 332. The van der Waals surface area contributed by atoms with Crippen LogP contribution in [-0.4, -0.2) is 24.6 Å². The third-order valence-corrected chi connectivity index (χ3v) is 3.49. The number of thiophene rings is 1. The predicted octanol–water partition coefficient (Wildman–Crippen LogP) is 2.83.